The molecule has 2 fully saturated rings. The minimum absolute atomic E-state index is 0.0133. The van der Waals surface area contributed by atoms with Gasteiger partial charge in [-0.3, -0.25) is 4.79 Å². The minimum Gasteiger partial charge on any atom is -0.478 e. The first-order valence-corrected chi connectivity index (χ1v) is 13.5. The molecule has 1 unspecified atom stereocenters. The fraction of sp³-hybridized carbons (Fsp3) is 0.480. The van der Waals surface area contributed by atoms with Crippen LogP contribution in [0.4, 0.5) is 5.82 Å². The molecule has 2 N–H and O–H groups in total. The number of aromatic carboxylic acids is 1. The molecule has 1 aliphatic heterocycles. The number of rotatable bonds is 8. The molecule has 0 spiro atoms. The number of hydrogen-bond donors (Lipinski definition) is 2. The molecule has 1 aromatic heterocycles. The Hall–Kier alpha value is -2.82. The van der Waals surface area contributed by atoms with Crippen LogP contribution in [0.1, 0.15) is 67.0 Å². The van der Waals surface area contributed by atoms with E-state index in [1.807, 2.05) is 0 Å². The summed E-state index contributed by atoms with van der Waals surface area (Å²) >= 11 is 0. The molecule has 2 aliphatic rings. The fourth-order valence-electron chi connectivity index (χ4n) is 4.48. The number of nitrogens with zero attached hydrogens (tertiary/aromatic N) is 1. The maximum Gasteiger partial charge on any atom is 0.337 e. The van der Waals surface area contributed by atoms with Crippen LogP contribution in [-0.4, -0.2) is 55.0 Å². The molecule has 35 heavy (non-hydrogen) atoms. The number of amides is 1. The van der Waals surface area contributed by atoms with Crippen molar-refractivity contribution >= 4 is 27.5 Å². The van der Waals surface area contributed by atoms with E-state index in [4.69, 9.17) is 14.6 Å². The largest absolute Gasteiger partial charge is 0.478 e. The van der Waals surface area contributed by atoms with Crippen LogP contribution in [0.25, 0.3) is 0 Å². The summed E-state index contributed by atoms with van der Waals surface area (Å²) in [4.78, 5) is 28.5. The van der Waals surface area contributed by atoms with E-state index in [1.54, 1.807) is 12.1 Å². The molecule has 0 bridgehead atoms. The van der Waals surface area contributed by atoms with Crippen molar-refractivity contribution in [2.75, 3.05) is 18.5 Å². The summed E-state index contributed by atoms with van der Waals surface area (Å²) in [5, 5.41) is 11.3. The molecule has 1 atom stereocenters. The highest BCUT2D eigenvalue weighted by molar-refractivity contribution is 7.92. The molecule has 188 valence electrons. The Labute approximate surface area is 204 Å². The van der Waals surface area contributed by atoms with Crippen molar-refractivity contribution in [2.45, 2.75) is 67.3 Å². The number of aromatic nitrogens is 1. The van der Waals surface area contributed by atoms with Gasteiger partial charge in [0.25, 0.3) is 5.91 Å². The van der Waals surface area contributed by atoms with Crippen LogP contribution in [0.2, 0.25) is 0 Å². The molecule has 1 amide bonds. The number of pyridine rings is 1. The van der Waals surface area contributed by atoms with Crippen LogP contribution < -0.4 is 5.32 Å². The van der Waals surface area contributed by atoms with Crippen molar-refractivity contribution in [3.05, 3.63) is 53.7 Å². The van der Waals surface area contributed by atoms with Crippen LogP contribution in [0.15, 0.2) is 47.5 Å². The molecular formula is C25H30N2O7S. The number of anilines is 1. The third-order valence-corrected chi connectivity index (χ3v) is 8.78. The molecule has 1 aromatic carbocycles. The first kappa shape index (κ1) is 25.3. The van der Waals surface area contributed by atoms with Crippen molar-refractivity contribution in [1.82, 2.24) is 4.98 Å². The average Bonchev–Trinajstić information content (AvgIpc) is 2.89. The van der Waals surface area contributed by atoms with E-state index in [2.05, 4.69) is 10.3 Å². The van der Waals surface area contributed by atoms with Crippen LogP contribution in [0.5, 0.6) is 0 Å². The van der Waals surface area contributed by atoms with Gasteiger partial charge in [-0.25, -0.2) is 18.2 Å². The van der Waals surface area contributed by atoms with Crippen LogP contribution in [-0.2, 0) is 24.1 Å². The van der Waals surface area contributed by atoms with Crippen molar-refractivity contribution < 1.29 is 32.6 Å². The zero-order valence-corrected chi connectivity index (χ0v) is 20.2. The van der Waals surface area contributed by atoms with Gasteiger partial charge in [0.2, 0.25) is 0 Å². The monoisotopic (exact) mass is 502 g/mol. The summed E-state index contributed by atoms with van der Waals surface area (Å²) in [5.41, 5.74) is 0.556. The van der Waals surface area contributed by atoms with E-state index in [1.165, 1.54) is 30.5 Å². The molecule has 1 saturated heterocycles. The number of carboxylic acid groups (broad SMARTS) is 1. The number of hydrogen-bond acceptors (Lipinski definition) is 7. The summed E-state index contributed by atoms with van der Waals surface area (Å²) in [7, 11) is -3.49. The number of nitrogens with one attached hydrogen (secondary N) is 1. The van der Waals surface area contributed by atoms with Gasteiger partial charge in [-0.15, -0.1) is 0 Å². The third kappa shape index (κ3) is 6.25. The van der Waals surface area contributed by atoms with Gasteiger partial charge in [-0.2, -0.15) is 0 Å². The van der Waals surface area contributed by atoms with E-state index in [0.29, 0.717) is 31.6 Å². The van der Waals surface area contributed by atoms with Crippen molar-refractivity contribution in [1.29, 1.82) is 0 Å². The van der Waals surface area contributed by atoms with E-state index in [-0.39, 0.29) is 22.4 Å². The zero-order valence-electron chi connectivity index (χ0n) is 19.4. The summed E-state index contributed by atoms with van der Waals surface area (Å²) in [6.45, 7) is 0.863. The second-order valence-electron chi connectivity index (χ2n) is 8.93. The Kier molecular flexibility index (Phi) is 8.15. The van der Waals surface area contributed by atoms with E-state index in [0.717, 1.165) is 32.1 Å². The fourth-order valence-corrected chi connectivity index (χ4v) is 6.20. The molecule has 2 aromatic rings. The SMILES string of the molecule is O=C(O)c1ccc(NC(=O)C(OC2CCCCC2)c2ccc(S(=O)(=O)C3CCOCC3)cc2)nc1. The molecule has 9 nitrogen and oxygen atoms in total. The number of ether oxygens (including phenoxy) is 2. The maximum atomic E-state index is 13.2. The van der Waals surface area contributed by atoms with Crippen molar-refractivity contribution in [3.63, 3.8) is 0 Å². The van der Waals surface area contributed by atoms with E-state index >= 15 is 0 Å². The molecular weight excluding hydrogens is 472 g/mol. The molecule has 1 saturated carbocycles. The normalized spacial score (nSPS) is 18.6. The second-order valence-corrected chi connectivity index (χ2v) is 11.2. The smallest absolute Gasteiger partial charge is 0.337 e. The molecule has 0 radical (unpaired) electrons. The Morgan fingerprint density at radius 3 is 2.29 bits per heavy atom. The van der Waals surface area contributed by atoms with Gasteiger partial charge in [-0.1, -0.05) is 31.4 Å². The van der Waals surface area contributed by atoms with E-state index < -0.39 is 33.1 Å². The van der Waals surface area contributed by atoms with Crippen LogP contribution in [0, 0.1) is 0 Å². The number of carbonyl (C=O) groups excluding carboxylic acids is 1. The average molecular weight is 503 g/mol. The van der Waals surface area contributed by atoms with Crippen LogP contribution >= 0.6 is 0 Å². The zero-order chi connectivity index (χ0) is 24.8. The standard InChI is InChI=1S/C25H30N2O7S/c28-24(27-22-11-8-18(16-26-22)25(29)30)23(34-19-4-2-1-3-5-19)17-6-9-20(10-7-17)35(31,32)21-12-14-33-15-13-21/h6-11,16,19,21,23H,1-5,12-15H2,(H,29,30)(H,26,27,28). The van der Waals surface area contributed by atoms with Gasteiger partial charge in [0.05, 0.1) is 21.8 Å². The number of carbonyl (C=O) groups is 2. The number of carboxylic acids is 1. The van der Waals surface area contributed by atoms with Crippen molar-refractivity contribution in [2.24, 2.45) is 0 Å². The number of benzene rings is 1. The Bertz CT molecular complexity index is 1120. The lowest BCUT2D eigenvalue weighted by molar-refractivity contribution is -0.133. The predicted octanol–water partition coefficient (Wildman–Crippen LogP) is 3.76. The predicted molar refractivity (Wildman–Crippen MR) is 128 cm³/mol. The summed E-state index contributed by atoms with van der Waals surface area (Å²) in [6.07, 6.45) is 5.96. The highest BCUT2D eigenvalue weighted by Crippen LogP contribution is 2.30. The lowest BCUT2D eigenvalue weighted by Gasteiger charge is -2.27. The highest BCUT2D eigenvalue weighted by Gasteiger charge is 2.31. The molecule has 1 aliphatic carbocycles. The van der Waals surface area contributed by atoms with Gasteiger partial charge < -0.3 is 19.9 Å². The van der Waals surface area contributed by atoms with Gasteiger partial charge in [-0.05, 0) is 55.5 Å². The summed E-state index contributed by atoms with van der Waals surface area (Å²) in [6, 6.07) is 9.09. The highest BCUT2D eigenvalue weighted by atomic mass is 32.2. The Balaban J connectivity index is 1.54. The van der Waals surface area contributed by atoms with Gasteiger partial charge in [0.15, 0.2) is 15.9 Å². The third-order valence-electron chi connectivity index (χ3n) is 6.50. The van der Waals surface area contributed by atoms with Crippen LogP contribution in [0.3, 0.4) is 0 Å². The van der Waals surface area contributed by atoms with Gasteiger partial charge in [0, 0.05) is 19.4 Å². The minimum atomic E-state index is -3.49. The molecule has 2 heterocycles. The Morgan fingerprint density at radius 2 is 1.69 bits per heavy atom. The van der Waals surface area contributed by atoms with Gasteiger partial charge >= 0.3 is 5.97 Å². The lowest BCUT2D eigenvalue weighted by atomic mass is 9.97. The summed E-state index contributed by atoms with van der Waals surface area (Å²) < 4.78 is 37.5. The Morgan fingerprint density at radius 1 is 1.00 bits per heavy atom. The summed E-state index contributed by atoms with van der Waals surface area (Å²) in [5.74, 6) is -1.35. The van der Waals surface area contributed by atoms with Gasteiger partial charge in [0.1, 0.15) is 5.82 Å². The first-order valence-electron chi connectivity index (χ1n) is 11.9. The van der Waals surface area contributed by atoms with E-state index in [9.17, 15) is 18.0 Å². The first-order chi connectivity index (χ1) is 16.8. The van der Waals surface area contributed by atoms with Crippen molar-refractivity contribution in [3.8, 4) is 0 Å². The maximum absolute atomic E-state index is 13.2. The second kappa shape index (κ2) is 11.3. The molecule has 10 heteroatoms. The number of sulfone groups is 1. The topological polar surface area (TPSA) is 132 Å². The molecule has 4 rings (SSSR count). The quantitative estimate of drug-likeness (QED) is 0.558. The lowest BCUT2D eigenvalue weighted by Crippen LogP contribution is -2.30.